The molecule has 0 aromatic heterocycles. The van der Waals surface area contributed by atoms with Crippen molar-refractivity contribution in [3.05, 3.63) is 24.3 Å². The van der Waals surface area contributed by atoms with Crippen molar-refractivity contribution in [3.63, 3.8) is 0 Å². The van der Waals surface area contributed by atoms with Gasteiger partial charge in [-0.25, -0.2) is 0 Å². The first-order valence-electron chi connectivity index (χ1n) is 6.87. The molecule has 1 heterocycles. The predicted molar refractivity (Wildman–Crippen MR) is 77.6 cm³/mol. The molecule has 0 bridgehead atoms. The maximum absolute atomic E-state index is 11.9. The molecule has 0 radical (unpaired) electrons. The highest BCUT2D eigenvalue weighted by atomic mass is 16.5. The van der Waals surface area contributed by atoms with E-state index < -0.39 is 23.5 Å². The van der Waals surface area contributed by atoms with Crippen LogP contribution in [-0.2, 0) is 14.4 Å². The monoisotopic (exact) mass is 306 g/mol. The van der Waals surface area contributed by atoms with Gasteiger partial charge in [0.2, 0.25) is 11.7 Å². The number of rotatable bonds is 6. The number of hydrogen-bond donors (Lipinski definition) is 1. The molecule has 1 aliphatic heterocycles. The van der Waals surface area contributed by atoms with E-state index in [1.807, 2.05) is 0 Å². The van der Waals surface area contributed by atoms with Gasteiger partial charge in [0.1, 0.15) is 24.0 Å². The second kappa shape index (κ2) is 6.93. The number of Topliss-reactive ketones (excluding diaryl/α,β-unsaturated/α-hetero) is 1. The van der Waals surface area contributed by atoms with E-state index >= 15 is 0 Å². The van der Waals surface area contributed by atoms with Crippen molar-refractivity contribution in [2.24, 2.45) is 5.92 Å². The zero-order valence-corrected chi connectivity index (χ0v) is 12.5. The number of methoxy groups -OCH3 is 1. The molecule has 1 atom stereocenters. The maximum atomic E-state index is 11.9. The fourth-order valence-corrected chi connectivity index (χ4v) is 2.12. The zero-order valence-electron chi connectivity index (χ0n) is 12.5. The maximum Gasteiger partial charge on any atom is 0.290 e. The van der Waals surface area contributed by atoms with Crippen LogP contribution in [0.25, 0.3) is 0 Å². The minimum absolute atomic E-state index is 0.128. The lowest BCUT2D eigenvalue weighted by Crippen LogP contribution is -2.37. The standard InChI is InChI=1S/C15H18N2O5/c1-17-9-12(13(18)15(17)20)14(19)16-7-8-22-11-5-3-10(21-2)4-6-11/h3-6,12H,7-9H2,1-2H3,(H,16,19). The number of benzene rings is 1. The molecule has 1 saturated heterocycles. The summed E-state index contributed by atoms with van der Waals surface area (Å²) in [6.45, 7) is 0.651. The van der Waals surface area contributed by atoms with Crippen molar-refractivity contribution < 1.29 is 23.9 Å². The van der Waals surface area contributed by atoms with E-state index in [0.29, 0.717) is 5.75 Å². The van der Waals surface area contributed by atoms with Crippen molar-refractivity contribution in [1.82, 2.24) is 10.2 Å². The predicted octanol–water partition coefficient (Wildman–Crippen LogP) is -0.153. The highest BCUT2D eigenvalue weighted by Crippen LogP contribution is 2.16. The molecule has 1 aromatic rings. The van der Waals surface area contributed by atoms with Gasteiger partial charge in [0.05, 0.1) is 13.7 Å². The van der Waals surface area contributed by atoms with E-state index in [0.717, 1.165) is 5.75 Å². The van der Waals surface area contributed by atoms with Crippen LogP contribution < -0.4 is 14.8 Å². The van der Waals surface area contributed by atoms with Gasteiger partial charge in [-0.3, -0.25) is 14.4 Å². The highest BCUT2D eigenvalue weighted by molar-refractivity contribution is 6.42. The molecule has 7 nitrogen and oxygen atoms in total. The van der Waals surface area contributed by atoms with Crippen LogP contribution in [0.15, 0.2) is 24.3 Å². The molecule has 2 amide bonds. The van der Waals surface area contributed by atoms with Crippen molar-refractivity contribution >= 4 is 17.6 Å². The lowest BCUT2D eigenvalue weighted by atomic mass is 10.1. The van der Waals surface area contributed by atoms with Crippen LogP contribution in [0.4, 0.5) is 0 Å². The van der Waals surface area contributed by atoms with E-state index in [-0.39, 0.29) is 19.7 Å². The van der Waals surface area contributed by atoms with Crippen LogP contribution >= 0.6 is 0 Å². The van der Waals surface area contributed by atoms with E-state index in [2.05, 4.69) is 5.32 Å². The average molecular weight is 306 g/mol. The van der Waals surface area contributed by atoms with E-state index in [9.17, 15) is 14.4 Å². The molecular formula is C15H18N2O5. The zero-order chi connectivity index (χ0) is 16.1. The summed E-state index contributed by atoms with van der Waals surface area (Å²) in [5, 5.41) is 2.60. The Bertz CT molecular complexity index is 570. The van der Waals surface area contributed by atoms with Crippen molar-refractivity contribution in [2.75, 3.05) is 33.9 Å². The SMILES string of the molecule is COc1ccc(OCCNC(=O)C2CN(C)C(=O)C2=O)cc1. The van der Waals surface area contributed by atoms with Crippen LogP contribution in [0, 0.1) is 5.92 Å². The van der Waals surface area contributed by atoms with Crippen LogP contribution in [0.2, 0.25) is 0 Å². The van der Waals surface area contributed by atoms with Gasteiger partial charge in [-0.05, 0) is 24.3 Å². The van der Waals surface area contributed by atoms with Crippen LogP contribution in [0.5, 0.6) is 11.5 Å². The molecular weight excluding hydrogens is 288 g/mol. The Balaban J connectivity index is 1.73. The molecule has 118 valence electrons. The smallest absolute Gasteiger partial charge is 0.290 e. The molecule has 7 heteroatoms. The summed E-state index contributed by atoms with van der Waals surface area (Å²) in [6.07, 6.45) is 0. The molecule has 0 saturated carbocycles. The van der Waals surface area contributed by atoms with Crippen LogP contribution in [0.3, 0.4) is 0 Å². The Morgan fingerprint density at radius 1 is 1.27 bits per heavy atom. The number of carbonyl (C=O) groups excluding carboxylic acids is 3. The number of carbonyl (C=O) groups is 3. The molecule has 1 fully saturated rings. The van der Waals surface area contributed by atoms with E-state index in [1.54, 1.807) is 31.4 Å². The number of ether oxygens (including phenoxy) is 2. The summed E-state index contributed by atoms with van der Waals surface area (Å²) in [4.78, 5) is 36.0. The number of likely N-dealkylation sites (N-methyl/N-ethyl adjacent to an activating group) is 1. The number of ketones is 1. The average Bonchev–Trinajstić information content (AvgIpc) is 2.79. The molecule has 1 aromatic carbocycles. The van der Waals surface area contributed by atoms with Gasteiger partial charge in [0, 0.05) is 13.6 Å². The van der Waals surface area contributed by atoms with Crippen LogP contribution in [-0.4, -0.2) is 56.4 Å². The Morgan fingerprint density at radius 2 is 1.91 bits per heavy atom. The minimum Gasteiger partial charge on any atom is -0.497 e. The topological polar surface area (TPSA) is 84.9 Å². The quantitative estimate of drug-likeness (QED) is 0.449. The summed E-state index contributed by atoms with van der Waals surface area (Å²) in [6, 6.07) is 7.06. The second-order valence-electron chi connectivity index (χ2n) is 4.92. The van der Waals surface area contributed by atoms with Gasteiger partial charge in [-0.1, -0.05) is 0 Å². The second-order valence-corrected chi connectivity index (χ2v) is 4.92. The Labute approximate surface area is 128 Å². The third-order valence-corrected chi connectivity index (χ3v) is 3.38. The van der Waals surface area contributed by atoms with Crippen molar-refractivity contribution in [2.45, 2.75) is 0 Å². The first-order valence-corrected chi connectivity index (χ1v) is 6.87. The van der Waals surface area contributed by atoms with Crippen LogP contribution in [0.1, 0.15) is 0 Å². The summed E-state index contributed by atoms with van der Waals surface area (Å²) in [7, 11) is 3.08. The third kappa shape index (κ3) is 3.55. The van der Waals surface area contributed by atoms with Gasteiger partial charge in [0.25, 0.3) is 5.91 Å². The first kappa shape index (κ1) is 15.8. The van der Waals surface area contributed by atoms with Gasteiger partial charge in [-0.15, -0.1) is 0 Å². The lowest BCUT2D eigenvalue weighted by Gasteiger charge is -2.11. The Hall–Kier alpha value is -2.57. The molecule has 1 unspecified atom stereocenters. The minimum atomic E-state index is -0.918. The summed E-state index contributed by atoms with van der Waals surface area (Å²) >= 11 is 0. The molecule has 1 aliphatic rings. The first-order chi connectivity index (χ1) is 10.5. The van der Waals surface area contributed by atoms with E-state index in [4.69, 9.17) is 9.47 Å². The van der Waals surface area contributed by atoms with E-state index in [1.165, 1.54) is 11.9 Å². The fraction of sp³-hybridized carbons (Fsp3) is 0.400. The normalized spacial score (nSPS) is 17.5. The van der Waals surface area contributed by atoms with Gasteiger partial charge >= 0.3 is 0 Å². The number of hydrogen-bond acceptors (Lipinski definition) is 5. The number of likely N-dealkylation sites (tertiary alicyclic amines) is 1. The van der Waals surface area contributed by atoms with Crippen molar-refractivity contribution in [1.29, 1.82) is 0 Å². The number of amides is 2. The van der Waals surface area contributed by atoms with Crippen molar-refractivity contribution in [3.8, 4) is 11.5 Å². The third-order valence-electron chi connectivity index (χ3n) is 3.38. The number of nitrogens with zero attached hydrogens (tertiary/aromatic N) is 1. The largest absolute Gasteiger partial charge is 0.497 e. The Kier molecular flexibility index (Phi) is 4.98. The summed E-state index contributed by atoms with van der Waals surface area (Å²) in [5.41, 5.74) is 0. The lowest BCUT2D eigenvalue weighted by molar-refractivity contribution is -0.142. The van der Waals surface area contributed by atoms with Gasteiger partial charge in [-0.2, -0.15) is 0 Å². The number of nitrogens with one attached hydrogen (secondary N) is 1. The molecule has 22 heavy (non-hydrogen) atoms. The molecule has 0 aliphatic carbocycles. The molecule has 2 rings (SSSR count). The molecule has 1 N–H and O–H groups in total. The molecule has 0 spiro atoms. The van der Waals surface area contributed by atoms with Gasteiger partial charge < -0.3 is 19.7 Å². The summed E-state index contributed by atoms with van der Waals surface area (Å²) in [5.74, 6) is -1.25. The fourth-order valence-electron chi connectivity index (χ4n) is 2.12. The van der Waals surface area contributed by atoms with Gasteiger partial charge in [0.15, 0.2) is 0 Å². The Morgan fingerprint density at radius 3 is 2.45 bits per heavy atom. The highest BCUT2D eigenvalue weighted by Gasteiger charge is 2.41. The summed E-state index contributed by atoms with van der Waals surface area (Å²) < 4.78 is 10.5.